The van der Waals surface area contributed by atoms with E-state index >= 15 is 0 Å². The van der Waals surface area contributed by atoms with E-state index in [0.29, 0.717) is 33.7 Å². The number of amides is 1. The minimum absolute atomic E-state index is 0.0120. The van der Waals surface area contributed by atoms with Gasteiger partial charge in [-0.1, -0.05) is 22.9 Å². The number of rotatable bonds is 5. The van der Waals surface area contributed by atoms with Crippen molar-refractivity contribution in [3.05, 3.63) is 35.1 Å². The molecule has 9 heteroatoms. The molecular formula is C18H19ClN4O3S. The molecule has 1 aliphatic heterocycles. The Morgan fingerprint density at radius 3 is 3.00 bits per heavy atom. The van der Waals surface area contributed by atoms with E-state index in [0.717, 1.165) is 24.1 Å². The molecular weight excluding hydrogens is 388 g/mol. The number of aromatic nitrogens is 3. The summed E-state index contributed by atoms with van der Waals surface area (Å²) in [6.45, 7) is 1.14. The zero-order valence-corrected chi connectivity index (χ0v) is 16.6. The molecule has 1 fully saturated rings. The average Bonchev–Trinajstić information content (AvgIpc) is 3.40. The van der Waals surface area contributed by atoms with Crippen LogP contribution in [-0.4, -0.2) is 47.0 Å². The van der Waals surface area contributed by atoms with Crippen LogP contribution in [0.4, 0.5) is 5.13 Å². The summed E-state index contributed by atoms with van der Waals surface area (Å²) in [6.07, 6.45) is 3.65. The third-order valence-corrected chi connectivity index (χ3v) is 6.02. The quantitative estimate of drug-likeness (QED) is 0.648. The lowest BCUT2D eigenvalue weighted by molar-refractivity contribution is 0.0913. The summed E-state index contributed by atoms with van der Waals surface area (Å²) in [5.74, 6) is 0.416. The number of thiazole rings is 1. The predicted octanol–water partition coefficient (Wildman–Crippen LogP) is 3.52. The first kappa shape index (κ1) is 18.2. The van der Waals surface area contributed by atoms with Gasteiger partial charge in [0.05, 0.1) is 29.5 Å². The summed E-state index contributed by atoms with van der Waals surface area (Å²) in [4.78, 5) is 19.5. The average molecular weight is 407 g/mol. The van der Waals surface area contributed by atoms with Gasteiger partial charge in [0.25, 0.3) is 5.91 Å². The smallest absolute Gasteiger partial charge is 0.280 e. The van der Waals surface area contributed by atoms with Crippen molar-refractivity contribution in [2.45, 2.75) is 18.9 Å². The Kier molecular flexibility index (Phi) is 5.03. The molecule has 1 saturated heterocycles. The number of halogens is 1. The van der Waals surface area contributed by atoms with Crippen LogP contribution in [0, 0.1) is 0 Å². The highest BCUT2D eigenvalue weighted by Crippen LogP contribution is 2.39. The second kappa shape index (κ2) is 7.46. The zero-order chi connectivity index (χ0) is 19.0. The number of carbonyl (C=O) groups excluding carboxylic acids is 1. The van der Waals surface area contributed by atoms with Crippen molar-refractivity contribution in [3.8, 4) is 5.75 Å². The fourth-order valence-corrected chi connectivity index (χ4v) is 4.39. The Bertz CT molecular complexity index is 980. The van der Waals surface area contributed by atoms with Crippen molar-refractivity contribution in [1.82, 2.24) is 14.8 Å². The summed E-state index contributed by atoms with van der Waals surface area (Å²) < 4.78 is 13.5. The van der Waals surface area contributed by atoms with Crippen LogP contribution in [0.2, 0.25) is 5.02 Å². The number of carbonyl (C=O) groups is 1. The SMILES string of the molecule is COc1ccc(Cl)c2sc(N(CC3CCCO3)C(=O)c3ccn(C)n3)nc12. The highest BCUT2D eigenvalue weighted by atomic mass is 35.5. The molecule has 0 spiro atoms. The molecule has 0 N–H and O–H groups in total. The molecule has 4 rings (SSSR count). The highest BCUT2D eigenvalue weighted by molar-refractivity contribution is 7.23. The topological polar surface area (TPSA) is 69.5 Å². The molecule has 142 valence electrons. The Morgan fingerprint density at radius 1 is 1.48 bits per heavy atom. The number of hydrogen-bond donors (Lipinski definition) is 0. The normalized spacial score (nSPS) is 16.8. The van der Waals surface area contributed by atoms with Crippen molar-refractivity contribution >= 4 is 44.2 Å². The molecule has 1 aliphatic rings. The molecule has 3 heterocycles. The number of fused-ring (bicyclic) bond motifs is 1. The fourth-order valence-electron chi connectivity index (χ4n) is 3.13. The van der Waals surface area contributed by atoms with Gasteiger partial charge in [0, 0.05) is 19.9 Å². The van der Waals surface area contributed by atoms with E-state index in [1.165, 1.54) is 11.3 Å². The first-order valence-electron chi connectivity index (χ1n) is 8.63. The van der Waals surface area contributed by atoms with Gasteiger partial charge in [-0.15, -0.1) is 0 Å². The standard InChI is InChI=1S/C18H19ClN4O3S/c1-22-8-7-13(21-22)17(24)23(10-11-4-3-9-26-11)18-20-15-14(25-2)6-5-12(19)16(15)27-18/h5-8,11H,3-4,9-10H2,1-2H3. The number of ether oxygens (including phenoxy) is 2. The third kappa shape index (κ3) is 3.52. The number of anilines is 1. The zero-order valence-electron chi connectivity index (χ0n) is 15.0. The van der Waals surface area contributed by atoms with Gasteiger partial charge in [-0.05, 0) is 31.0 Å². The van der Waals surface area contributed by atoms with E-state index in [-0.39, 0.29) is 12.0 Å². The molecule has 0 aliphatic carbocycles. The fraction of sp³-hybridized carbons (Fsp3) is 0.389. The van der Waals surface area contributed by atoms with Crippen LogP contribution in [0.15, 0.2) is 24.4 Å². The monoisotopic (exact) mass is 406 g/mol. The maximum Gasteiger partial charge on any atom is 0.280 e. The van der Waals surface area contributed by atoms with Crippen LogP contribution in [0.1, 0.15) is 23.3 Å². The summed E-state index contributed by atoms with van der Waals surface area (Å²) in [6, 6.07) is 5.25. The largest absolute Gasteiger partial charge is 0.494 e. The van der Waals surface area contributed by atoms with E-state index in [2.05, 4.69) is 10.1 Å². The molecule has 1 unspecified atom stereocenters. The van der Waals surface area contributed by atoms with Crippen molar-refractivity contribution < 1.29 is 14.3 Å². The number of aryl methyl sites for hydroxylation is 1. The second-order valence-electron chi connectivity index (χ2n) is 6.35. The van der Waals surface area contributed by atoms with Gasteiger partial charge < -0.3 is 9.47 Å². The van der Waals surface area contributed by atoms with Crippen LogP contribution in [-0.2, 0) is 11.8 Å². The van der Waals surface area contributed by atoms with Gasteiger partial charge in [0.15, 0.2) is 10.8 Å². The lowest BCUT2D eigenvalue weighted by Gasteiger charge is -2.22. The van der Waals surface area contributed by atoms with E-state index in [1.807, 2.05) is 0 Å². The van der Waals surface area contributed by atoms with Crippen molar-refractivity contribution in [1.29, 1.82) is 0 Å². The van der Waals surface area contributed by atoms with E-state index < -0.39 is 0 Å². The van der Waals surface area contributed by atoms with Crippen LogP contribution >= 0.6 is 22.9 Å². The summed E-state index contributed by atoms with van der Waals surface area (Å²) in [5.41, 5.74) is 1.02. The number of nitrogens with zero attached hydrogens (tertiary/aromatic N) is 4. The Balaban J connectivity index is 1.76. The predicted molar refractivity (Wildman–Crippen MR) is 105 cm³/mol. The highest BCUT2D eigenvalue weighted by Gasteiger charge is 2.29. The molecule has 2 aromatic heterocycles. The van der Waals surface area contributed by atoms with E-state index in [1.54, 1.807) is 48.1 Å². The van der Waals surface area contributed by atoms with Gasteiger partial charge in [-0.25, -0.2) is 4.98 Å². The molecule has 0 saturated carbocycles. The first-order valence-corrected chi connectivity index (χ1v) is 9.82. The molecule has 1 amide bonds. The Morgan fingerprint density at radius 2 is 2.33 bits per heavy atom. The maximum absolute atomic E-state index is 13.2. The second-order valence-corrected chi connectivity index (χ2v) is 7.73. The minimum atomic E-state index is -0.208. The van der Waals surface area contributed by atoms with Crippen LogP contribution < -0.4 is 9.64 Å². The van der Waals surface area contributed by atoms with Crippen LogP contribution in [0.25, 0.3) is 10.2 Å². The molecule has 0 bridgehead atoms. The van der Waals surface area contributed by atoms with Crippen LogP contribution in [0.3, 0.4) is 0 Å². The number of benzene rings is 1. The molecule has 0 radical (unpaired) electrons. The van der Waals surface area contributed by atoms with Gasteiger partial charge >= 0.3 is 0 Å². The molecule has 3 aromatic rings. The van der Waals surface area contributed by atoms with Crippen molar-refractivity contribution in [2.24, 2.45) is 7.05 Å². The van der Waals surface area contributed by atoms with E-state index in [4.69, 9.17) is 21.1 Å². The van der Waals surface area contributed by atoms with E-state index in [9.17, 15) is 4.79 Å². The molecule has 1 atom stereocenters. The van der Waals surface area contributed by atoms with Crippen molar-refractivity contribution in [2.75, 3.05) is 25.2 Å². The molecule has 7 nitrogen and oxygen atoms in total. The summed E-state index contributed by atoms with van der Waals surface area (Å²) >= 11 is 7.71. The Hall–Kier alpha value is -2.16. The van der Waals surface area contributed by atoms with Gasteiger partial charge in [0.2, 0.25) is 0 Å². The lowest BCUT2D eigenvalue weighted by atomic mass is 10.2. The molecule has 27 heavy (non-hydrogen) atoms. The van der Waals surface area contributed by atoms with Gasteiger partial charge in [-0.2, -0.15) is 5.10 Å². The molecule has 1 aromatic carbocycles. The summed E-state index contributed by atoms with van der Waals surface area (Å²) in [7, 11) is 3.37. The van der Waals surface area contributed by atoms with Gasteiger partial charge in [0.1, 0.15) is 11.3 Å². The van der Waals surface area contributed by atoms with Crippen LogP contribution in [0.5, 0.6) is 5.75 Å². The number of methoxy groups -OCH3 is 1. The van der Waals surface area contributed by atoms with Crippen molar-refractivity contribution in [3.63, 3.8) is 0 Å². The minimum Gasteiger partial charge on any atom is -0.494 e. The first-order chi connectivity index (χ1) is 13.1. The summed E-state index contributed by atoms with van der Waals surface area (Å²) in [5, 5.41) is 5.39. The third-order valence-electron chi connectivity index (χ3n) is 4.49. The van der Waals surface area contributed by atoms with Gasteiger partial charge in [-0.3, -0.25) is 14.4 Å². The Labute approximate surface area is 165 Å². The lowest BCUT2D eigenvalue weighted by Crippen LogP contribution is -2.37. The maximum atomic E-state index is 13.2. The number of hydrogen-bond acceptors (Lipinski definition) is 6.